The molecular formula is C15H21N3O2S. The highest BCUT2D eigenvalue weighted by molar-refractivity contribution is 7.11. The molecule has 114 valence electrons. The van der Waals surface area contributed by atoms with E-state index in [1.54, 1.807) is 11.3 Å². The lowest BCUT2D eigenvalue weighted by Crippen LogP contribution is -2.24. The smallest absolute Gasteiger partial charge is 0.224 e. The predicted molar refractivity (Wildman–Crippen MR) is 82.4 cm³/mol. The Bertz CT molecular complexity index is 611. The van der Waals surface area contributed by atoms with Crippen molar-refractivity contribution in [1.82, 2.24) is 15.5 Å². The van der Waals surface area contributed by atoms with Crippen molar-refractivity contribution in [2.24, 2.45) is 0 Å². The van der Waals surface area contributed by atoms with Crippen LogP contribution in [-0.4, -0.2) is 16.0 Å². The average Bonchev–Trinajstić information content (AvgIpc) is 2.94. The molecule has 0 saturated carbocycles. The average molecular weight is 307 g/mol. The number of thiazole rings is 1. The van der Waals surface area contributed by atoms with Gasteiger partial charge in [0.1, 0.15) is 5.76 Å². The van der Waals surface area contributed by atoms with E-state index in [1.807, 2.05) is 20.8 Å². The molecule has 1 amide bonds. The first kappa shape index (κ1) is 15.7. The van der Waals surface area contributed by atoms with Gasteiger partial charge in [0.05, 0.1) is 29.4 Å². The number of hydrogen-bond donors (Lipinski definition) is 1. The first-order valence-corrected chi connectivity index (χ1v) is 7.96. The summed E-state index contributed by atoms with van der Waals surface area (Å²) in [6, 6.07) is 0. The molecule has 1 N–H and O–H groups in total. The second-order valence-corrected chi connectivity index (χ2v) is 6.29. The highest BCUT2D eigenvalue weighted by atomic mass is 32.1. The van der Waals surface area contributed by atoms with Crippen molar-refractivity contribution in [3.63, 3.8) is 0 Å². The third-order valence-corrected chi connectivity index (χ3v) is 4.58. The fourth-order valence-electron chi connectivity index (χ4n) is 2.13. The van der Waals surface area contributed by atoms with E-state index >= 15 is 0 Å². The molecule has 2 aromatic heterocycles. The summed E-state index contributed by atoms with van der Waals surface area (Å²) in [6.45, 7) is 8.35. The number of carbonyl (C=O) groups is 1. The molecule has 2 aromatic rings. The van der Waals surface area contributed by atoms with Crippen LogP contribution in [0, 0.1) is 20.8 Å². The lowest BCUT2D eigenvalue weighted by molar-refractivity contribution is -0.120. The summed E-state index contributed by atoms with van der Waals surface area (Å²) in [5.41, 5.74) is 2.67. The maximum absolute atomic E-state index is 12.0. The molecule has 0 aliphatic heterocycles. The van der Waals surface area contributed by atoms with Crippen molar-refractivity contribution in [3.05, 3.63) is 32.6 Å². The van der Waals surface area contributed by atoms with Crippen LogP contribution in [-0.2, 0) is 24.2 Å². The van der Waals surface area contributed by atoms with Gasteiger partial charge in [0, 0.05) is 10.4 Å². The molecule has 0 bridgehead atoms. The molecule has 0 unspecified atom stereocenters. The third kappa shape index (κ3) is 3.91. The summed E-state index contributed by atoms with van der Waals surface area (Å²) in [4.78, 5) is 17.7. The van der Waals surface area contributed by atoms with Crippen molar-refractivity contribution < 1.29 is 9.32 Å². The van der Waals surface area contributed by atoms with E-state index in [9.17, 15) is 4.79 Å². The summed E-state index contributed by atoms with van der Waals surface area (Å²) in [5, 5.41) is 7.96. The summed E-state index contributed by atoms with van der Waals surface area (Å²) >= 11 is 1.68. The van der Waals surface area contributed by atoms with Crippen LogP contribution in [0.4, 0.5) is 0 Å². The van der Waals surface area contributed by atoms with Gasteiger partial charge in [-0.25, -0.2) is 4.98 Å². The fourth-order valence-corrected chi connectivity index (χ4v) is 3.24. The minimum Gasteiger partial charge on any atom is -0.361 e. The molecule has 0 spiro atoms. The van der Waals surface area contributed by atoms with Gasteiger partial charge in [-0.15, -0.1) is 11.3 Å². The van der Waals surface area contributed by atoms with Crippen molar-refractivity contribution in [3.8, 4) is 0 Å². The zero-order chi connectivity index (χ0) is 15.4. The van der Waals surface area contributed by atoms with Crippen LogP contribution in [0.1, 0.15) is 45.9 Å². The van der Waals surface area contributed by atoms with E-state index in [2.05, 4.69) is 22.4 Å². The van der Waals surface area contributed by atoms with Gasteiger partial charge in [0.2, 0.25) is 5.91 Å². The quantitative estimate of drug-likeness (QED) is 0.891. The molecule has 0 aliphatic rings. The number of nitrogens with zero attached hydrogens (tertiary/aromatic N) is 2. The Labute approximate surface area is 128 Å². The van der Waals surface area contributed by atoms with Crippen molar-refractivity contribution >= 4 is 17.2 Å². The molecule has 0 atom stereocenters. The molecule has 6 heteroatoms. The van der Waals surface area contributed by atoms with Crippen LogP contribution in [0.5, 0.6) is 0 Å². The standard InChI is InChI=1S/C15H21N3O2S/c1-5-6-15-17-10(3)13(21-15)8-16-14(19)7-12-9(2)18-20-11(12)4/h5-8H2,1-4H3,(H,16,19). The maximum Gasteiger partial charge on any atom is 0.224 e. The number of carbonyl (C=O) groups excluding carboxylic acids is 1. The molecule has 0 radical (unpaired) electrons. The lowest BCUT2D eigenvalue weighted by Gasteiger charge is -2.04. The van der Waals surface area contributed by atoms with E-state index in [0.717, 1.165) is 39.7 Å². The number of rotatable bonds is 6. The van der Waals surface area contributed by atoms with Crippen molar-refractivity contribution in [1.29, 1.82) is 0 Å². The van der Waals surface area contributed by atoms with Crippen LogP contribution in [0.25, 0.3) is 0 Å². The summed E-state index contributed by atoms with van der Waals surface area (Å²) in [5.74, 6) is 0.691. The largest absolute Gasteiger partial charge is 0.361 e. The van der Waals surface area contributed by atoms with Gasteiger partial charge < -0.3 is 9.84 Å². The molecule has 0 fully saturated rings. The Hall–Kier alpha value is -1.69. The van der Waals surface area contributed by atoms with Gasteiger partial charge >= 0.3 is 0 Å². The van der Waals surface area contributed by atoms with Crippen LogP contribution in [0.3, 0.4) is 0 Å². The Morgan fingerprint density at radius 3 is 2.67 bits per heavy atom. The van der Waals surface area contributed by atoms with Gasteiger partial charge in [-0.1, -0.05) is 12.1 Å². The van der Waals surface area contributed by atoms with Gasteiger partial charge in [0.25, 0.3) is 0 Å². The molecule has 21 heavy (non-hydrogen) atoms. The second kappa shape index (κ2) is 6.85. The van der Waals surface area contributed by atoms with E-state index < -0.39 is 0 Å². The van der Waals surface area contributed by atoms with Crippen LogP contribution < -0.4 is 5.32 Å². The molecule has 5 nitrogen and oxygen atoms in total. The number of nitrogens with one attached hydrogen (secondary N) is 1. The summed E-state index contributed by atoms with van der Waals surface area (Å²) in [7, 11) is 0. The van der Waals surface area contributed by atoms with E-state index in [0.29, 0.717) is 18.7 Å². The first-order valence-electron chi connectivity index (χ1n) is 7.14. The number of amides is 1. The number of hydrogen-bond acceptors (Lipinski definition) is 5. The molecule has 0 aliphatic carbocycles. The summed E-state index contributed by atoms with van der Waals surface area (Å²) in [6.07, 6.45) is 2.39. The highest BCUT2D eigenvalue weighted by Crippen LogP contribution is 2.19. The third-order valence-electron chi connectivity index (χ3n) is 3.37. The van der Waals surface area contributed by atoms with E-state index in [4.69, 9.17) is 4.52 Å². The molecule has 2 rings (SSSR count). The normalized spacial score (nSPS) is 10.9. The zero-order valence-corrected chi connectivity index (χ0v) is 13.8. The Morgan fingerprint density at radius 2 is 2.05 bits per heavy atom. The highest BCUT2D eigenvalue weighted by Gasteiger charge is 2.14. The van der Waals surface area contributed by atoms with Crippen LogP contribution in [0.2, 0.25) is 0 Å². The predicted octanol–water partition coefficient (Wildman–Crippen LogP) is 2.87. The topological polar surface area (TPSA) is 68.0 Å². The monoisotopic (exact) mass is 307 g/mol. The van der Waals surface area contributed by atoms with E-state index in [1.165, 1.54) is 0 Å². The second-order valence-electron chi connectivity index (χ2n) is 5.12. The Kier molecular flexibility index (Phi) is 5.12. The Morgan fingerprint density at radius 1 is 1.29 bits per heavy atom. The van der Waals surface area contributed by atoms with Crippen molar-refractivity contribution in [2.75, 3.05) is 0 Å². The Balaban J connectivity index is 1.92. The minimum atomic E-state index is -0.0192. The molecule has 2 heterocycles. The maximum atomic E-state index is 12.0. The number of aromatic nitrogens is 2. The zero-order valence-electron chi connectivity index (χ0n) is 12.9. The van der Waals surface area contributed by atoms with Crippen molar-refractivity contribution in [2.45, 2.75) is 53.5 Å². The van der Waals surface area contributed by atoms with Gasteiger partial charge in [0.15, 0.2) is 0 Å². The fraction of sp³-hybridized carbons (Fsp3) is 0.533. The summed E-state index contributed by atoms with van der Waals surface area (Å²) < 4.78 is 5.07. The lowest BCUT2D eigenvalue weighted by atomic mass is 10.1. The minimum absolute atomic E-state index is 0.0192. The van der Waals surface area contributed by atoms with Gasteiger partial charge in [-0.2, -0.15) is 0 Å². The SMILES string of the molecule is CCCc1nc(C)c(CNC(=O)Cc2c(C)noc2C)s1. The molecule has 0 aromatic carbocycles. The van der Waals surface area contributed by atoms with Crippen LogP contribution >= 0.6 is 11.3 Å². The van der Waals surface area contributed by atoms with Gasteiger partial charge in [-0.3, -0.25) is 4.79 Å². The van der Waals surface area contributed by atoms with Crippen LogP contribution in [0.15, 0.2) is 4.52 Å². The van der Waals surface area contributed by atoms with Gasteiger partial charge in [-0.05, 0) is 33.6 Å². The first-order chi connectivity index (χ1) is 10.0. The number of aryl methyl sites for hydroxylation is 4. The van der Waals surface area contributed by atoms with E-state index in [-0.39, 0.29) is 5.91 Å². The molecular weight excluding hydrogens is 286 g/mol. The molecule has 0 saturated heterocycles.